The Hall–Kier alpha value is -2.08. The van der Waals surface area contributed by atoms with Crippen molar-refractivity contribution in [2.75, 3.05) is 5.73 Å². The van der Waals surface area contributed by atoms with Gasteiger partial charge in [0.2, 0.25) is 0 Å². The molecule has 6 heteroatoms. The van der Waals surface area contributed by atoms with Crippen LogP contribution in [0, 0.1) is 0 Å². The van der Waals surface area contributed by atoms with Crippen LogP contribution in [0.1, 0.15) is 0 Å². The summed E-state index contributed by atoms with van der Waals surface area (Å²) in [5, 5.41) is 2.65. The molecular weight excluding hydrogens is 234 g/mol. The Morgan fingerprint density at radius 3 is 2.94 bits per heavy atom. The molecule has 5 nitrogen and oxygen atoms in total. The molecule has 0 aliphatic heterocycles. The van der Waals surface area contributed by atoms with E-state index in [1.807, 2.05) is 18.2 Å². The van der Waals surface area contributed by atoms with Crippen molar-refractivity contribution in [3.63, 3.8) is 0 Å². The van der Waals surface area contributed by atoms with Crippen LogP contribution in [0.2, 0.25) is 0 Å². The molecule has 0 unspecified atom stereocenters. The van der Waals surface area contributed by atoms with E-state index in [1.165, 1.54) is 18.1 Å². The number of nitrogens with one attached hydrogen (secondary N) is 1. The van der Waals surface area contributed by atoms with Gasteiger partial charge in [-0.2, -0.15) is 0 Å². The van der Waals surface area contributed by atoms with Crippen LogP contribution < -0.4 is 5.73 Å². The Labute approximate surface area is 102 Å². The van der Waals surface area contributed by atoms with Crippen molar-refractivity contribution in [3.05, 3.63) is 36.9 Å². The normalized spacial score (nSPS) is 10.8. The smallest absolute Gasteiger partial charge is 0.171 e. The molecule has 3 aromatic rings. The first kappa shape index (κ1) is 10.1. The molecule has 1 aromatic carbocycles. The number of imidazole rings is 1. The maximum Gasteiger partial charge on any atom is 0.171 e. The number of rotatable bonds is 2. The molecule has 2 aromatic heterocycles. The van der Waals surface area contributed by atoms with E-state index in [0.717, 1.165) is 21.1 Å². The Kier molecular flexibility index (Phi) is 2.41. The van der Waals surface area contributed by atoms with Gasteiger partial charge in [-0.15, -0.1) is 0 Å². The summed E-state index contributed by atoms with van der Waals surface area (Å²) in [5.41, 5.74) is 7.27. The molecule has 0 radical (unpaired) electrons. The number of hydrogen-bond acceptors (Lipinski definition) is 5. The number of nitrogens with two attached hydrogens (primary N) is 1. The number of anilines is 1. The molecule has 17 heavy (non-hydrogen) atoms. The number of nitrogens with zero attached hydrogens (tertiary/aromatic N) is 3. The van der Waals surface area contributed by atoms with Crippen LogP contribution in [0.3, 0.4) is 0 Å². The predicted octanol–water partition coefficient (Wildman–Crippen LogP) is 2.09. The van der Waals surface area contributed by atoms with Crippen molar-refractivity contribution in [2.45, 2.75) is 10.2 Å². The molecule has 0 spiro atoms. The highest BCUT2D eigenvalue weighted by molar-refractivity contribution is 7.99. The minimum Gasteiger partial charge on any atom is -0.399 e. The summed E-state index contributed by atoms with van der Waals surface area (Å²) in [6.45, 7) is 0. The van der Waals surface area contributed by atoms with Crippen molar-refractivity contribution < 1.29 is 0 Å². The molecule has 0 saturated carbocycles. The lowest BCUT2D eigenvalue weighted by atomic mass is 10.2. The fourth-order valence-corrected chi connectivity index (χ4v) is 2.33. The Bertz CT molecular complexity index is 650. The van der Waals surface area contributed by atoms with E-state index in [9.17, 15) is 0 Å². The van der Waals surface area contributed by atoms with Crippen molar-refractivity contribution >= 4 is 28.4 Å². The van der Waals surface area contributed by atoms with E-state index in [4.69, 9.17) is 5.73 Å². The number of aromatic nitrogens is 4. The van der Waals surface area contributed by atoms with Gasteiger partial charge >= 0.3 is 0 Å². The van der Waals surface area contributed by atoms with Gasteiger partial charge in [-0.25, -0.2) is 15.0 Å². The monoisotopic (exact) mass is 243 g/mol. The third-order valence-corrected chi connectivity index (χ3v) is 3.23. The minimum absolute atomic E-state index is 0.699. The summed E-state index contributed by atoms with van der Waals surface area (Å²) in [5.74, 6) is 0. The lowest BCUT2D eigenvalue weighted by molar-refractivity contribution is 1.04. The van der Waals surface area contributed by atoms with Crippen LogP contribution in [0.5, 0.6) is 0 Å². The Morgan fingerprint density at radius 1 is 1.18 bits per heavy atom. The summed E-state index contributed by atoms with van der Waals surface area (Å²) in [4.78, 5) is 15.6. The molecular formula is C11H9N5S. The van der Waals surface area contributed by atoms with Gasteiger partial charge in [0.05, 0.1) is 5.52 Å². The highest BCUT2D eigenvalue weighted by Gasteiger charge is 2.06. The number of fused-ring (bicyclic) bond motifs is 1. The van der Waals surface area contributed by atoms with Gasteiger partial charge in [-0.05, 0) is 30.0 Å². The topological polar surface area (TPSA) is 80.5 Å². The fraction of sp³-hybridized carbons (Fsp3) is 0. The van der Waals surface area contributed by atoms with Crippen LogP contribution in [0.15, 0.2) is 47.1 Å². The van der Waals surface area contributed by atoms with Crippen LogP contribution in [-0.2, 0) is 0 Å². The molecule has 0 fully saturated rings. The van der Waals surface area contributed by atoms with Crippen molar-refractivity contribution in [2.24, 2.45) is 0 Å². The van der Waals surface area contributed by atoms with Crippen LogP contribution in [0.4, 0.5) is 5.69 Å². The van der Waals surface area contributed by atoms with E-state index in [1.54, 1.807) is 12.4 Å². The summed E-state index contributed by atoms with van der Waals surface area (Å²) in [7, 11) is 0. The summed E-state index contributed by atoms with van der Waals surface area (Å²) in [6, 6.07) is 5.61. The second-order valence-electron chi connectivity index (χ2n) is 3.45. The molecule has 0 saturated heterocycles. The van der Waals surface area contributed by atoms with Gasteiger partial charge < -0.3 is 10.7 Å². The third-order valence-electron chi connectivity index (χ3n) is 2.29. The van der Waals surface area contributed by atoms with Crippen molar-refractivity contribution in [3.8, 4) is 0 Å². The largest absolute Gasteiger partial charge is 0.399 e. The zero-order chi connectivity index (χ0) is 11.7. The number of nitrogen functional groups attached to an aromatic ring is 1. The molecule has 0 aliphatic rings. The van der Waals surface area contributed by atoms with Crippen molar-refractivity contribution in [1.82, 2.24) is 19.9 Å². The zero-order valence-corrected chi connectivity index (χ0v) is 9.61. The number of H-pyrrole nitrogens is 1. The molecule has 0 atom stereocenters. The number of benzene rings is 1. The van der Waals surface area contributed by atoms with E-state index >= 15 is 0 Å². The molecule has 3 N–H and O–H groups in total. The highest BCUT2D eigenvalue weighted by Crippen LogP contribution is 2.29. The van der Waals surface area contributed by atoms with Gasteiger partial charge in [0.15, 0.2) is 5.16 Å². The second kappa shape index (κ2) is 4.06. The molecule has 0 aliphatic carbocycles. The van der Waals surface area contributed by atoms with E-state index in [0.29, 0.717) is 5.69 Å². The average Bonchev–Trinajstić information content (AvgIpc) is 2.82. The minimum atomic E-state index is 0.699. The quantitative estimate of drug-likeness (QED) is 0.532. The van der Waals surface area contributed by atoms with Crippen LogP contribution in [-0.4, -0.2) is 19.9 Å². The number of aromatic amines is 1. The van der Waals surface area contributed by atoms with Gasteiger partial charge in [0.1, 0.15) is 11.4 Å². The van der Waals surface area contributed by atoms with Gasteiger partial charge in [0.25, 0.3) is 0 Å². The third kappa shape index (κ3) is 1.94. The maximum atomic E-state index is 5.72. The van der Waals surface area contributed by atoms with Crippen molar-refractivity contribution in [1.29, 1.82) is 0 Å². The van der Waals surface area contributed by atoms with Gasteiger partial charge in [-0.3, -0.25) is 0 Å². The van der Waals surface area contributed by atoms with E-state index in [-0.39, 0.29) is 0 Å². The van der Waals surface area contributed by atoms with Gasteiger partial charge in [-0.1, -0.05) is 0 Å². The average molecular weight is 243 g/mol. The molecule has 2 heterocycles. The first-order valence-electron chi connectivity index (χ1n) is 5.00. The number of hydrogen-bond donors (Lipinski definition) is 2. The lowest BCUT2D eigenvalue weighted by Crippen LogP contribution is -1.90. The summed E-state index contributed by atoms with van der Waals surface area (Å²) in [6.07, 6.45) is 5.03. The maximum absolute atomic E-state index is 5.72. The Balaban J connectivity index is 2.10. The zero-order valence-electron chi connectivity index (χ0n) is 8.79. The van der Waals surface area contributed by atoms with E-state index < -0.39 is 0 Å². The Morgan fingerprint density at radius 2 is 2.12 bits per heavy atom. The molecule has 3 rings (SSSR count). The molecule has 0 amide bonds. The molecule has 0 bridgehead atoms. The van der Waals surface area contributed by atoms with Crippen LogP contribution >= 0.6 is 11.8 Å². The summed E-state index contributed by atoms with van der Waals surface area (Å²) >= 11 is 1.47. The molecule has 84 valence electrons. The van der Waals surface area contributed by atoms with Gasteiger partial charge in [0, 0.05) is 23.5 Å². The van der Waals surface area contributed by atoms with E-state index in [2.05, 4.69) is 19.9 Å². The predicted molar refractivity (Wildman–Crippen MR) is 66.7 cm³/mol. The fourth-order valence-electron chi connectivity index (χ4n) is 1.53. The first-order valence-corrected chi connectivity index (χ1v) is 5.82. The summed E-state index contributed by atoms with van der Waals surface area (Å²) < 4.78 is 0. The first-order chi connectivity index (χ1) is 8.33. The van der Waals surface area contributed by atoms with Crippen LogP contribution in [0.25, 0.3) is 10.9 Å². The SMILES string of the molecule is Nc1ccc2c(Sc3ncc[nH]3)ncnc2c1. The second-order valence-corrected chi connectivity index (χ2v) is 4.43. The highest BCUT2D eigenvalue weighted by atomic mass is 32.2. The lowest BCUT2D eigenvalue weighted by Gasteiger charge is -2.03. The standard InChI is InChI=1S/C11H9N5S/c12-7-1-2-8-9(5-7)15-6-16-10(8)17-11-13-3-4-14-11/h1-6H,12H2,(H,13,14).